The molecule has 1 aliphatic carbocycles. The van der Waals surface area contributed by atoms with Crippen LogP contribution in [0.25, 0.3) is 10.9 Å². The van der Waals surface area contributed by atoms with Crippen molar-refractivity contribution in [2.24, 2.45) is 0 Å². The Kier molecular flexibility index (Phi) is 5.00. The molecule has 1 aromatic carbocycles. The highest BCUT2D eigenvalue weighted by Gasteiger charge is 2.47. The standard InChI is InChI=1S/C22H29N5O4/c1-29-17-12-14-15(13-18(17)30-2)24-21(25-19(14)23)27-10-8-26(9-11-27)20(28)16-4-7-22(31-16)5-3-6-22/h12-13,16H,3-11H2,1-2H3,(H2,23,24,25). The molecule has 9 nitrogen and oxygen atoms in total. The summed E-state index contributed by atoms with van der Waals surface area (Å²) in [5, 5.41) is 0.721. The minimum absolute atomic E-state index is 0.00233. The summed E-state index contributed by atoms with van der Waals surface area (Å²) in [5.41, 5.74) is 6.93. The van der Waals surface area contributed by atoms with Crippen molar-refractivity contribution in [2.75, 3.05) is 51.0 Å². The number of methoxy groups -OCH3 is 2. The van der Waals surface area contributed by atoms with Gasteiger partial charge in [-0.05, 0) is 38.2 Å². The molecule has 1 saturated carbocycles. The number of nitrogen functional groups attached to an aromatic ring is 1. The van der Waals surface area contributed by atoms with E-state index in [4.69, 9.17) is 24.9 Å². The molecule has 166 valence electrons. The fourth-order valence-corrected chi connectivity index (χ4v) is 4.87. The molecule has 3 heterocycles. The van der Waals surface area contributed by atoms with Gasteiger partial charge in [0.2, 0.25) is 5.95 Å². The number of hydrogen-bond acceptors (Lipinski definition) is 8. The normalized spacial score (nSPS) is 22.6. The molecule has 3 fully saturated rings. The van der Waals surface area contributed by atoms with Crippen LogP contribution >= 0.6 is 0 Å². The second kappa shape index (κ2) is 7.71. The number of ether oxygens (including phenoxy) is 3. The van der Waals surface area contributed by atoms with Crippen molar-refractivity contribution in [3.8, 4) is 11.5 Å². The number of nitrogens with zero attached hydrogens (tertiary/aromatic N) is 4. The van der Waals surface area contributed by atoms with E-state index < -0.39 is 0 Å². The van der Waals surface area contributed by atoms with Crippen LogP contribution in [0.1, 0.15) is 32.1 Å². The Bertz CT molecular complexity index is 1000. The number of aromatic nitrogens is 2. The van der Waals surface area contributed by atoms with E-state index in [1.807, 2.05) is 11.0 Å². The summed E-state index contributed by atoms with van der Waals surface area (Å²) in [7, 11) is 3.17. The van der Waals surface area contributed by atoms with Crippen LogP contribution in [0, 0.1) is 0 Å². The van der Waals surface area contributed by atoms with Crippen LogP contribution in [0.4, 0.5) is 11.8 Å². The third-order valence-electron chi connectivity index (χ3n) is 6.89. The van der Waals surface area contributed by atoms with Crippen LogP contribution in [-0.2, 0) is 9.53 Å². The summed E-state index contributed by atoms with van der Waals surface area (Å²) in [6.07, 6.45) is 5.00. The molecule has 1 amide bonds. The van der Waals surface area contributed by atoms with Gasteiger partial charge in [-0.15, -0.1) is 0 Å². The summed E-state index contributed by atoms with van der Waals surface area (Å²) >= 11 is 0. The molecule has 9 heteroatoms. The third kappa shape index (κ3) is 3.50. The van der Waals surface area contributed by atoms with Gasteiger partial charge < -0.3 is 29.7 Å². The number of piperazine rings is 1. The van der Waals surface area contributed by atoms with E-state index in [1.165, 1.54) is 6.42 Å². The molecule has 2 saturated heterocycles. The van der Waals surface area contributed by atoms with Gasteiger partial charge in [-0.2, -0.15) is 4.98 Å². The molecule has 0 bridgehead atoms. The van der Waals surface area contributed by atoms with Gasteiger partial charge in [0.05, 0.1) is 25.3 Å². The number of anilines is 2. The van der Waals surface area contributed by atoms with Crippen molar-refractivity contribution in [3.63, 3.8) is 0 Å². The van der Waals surface area contributed by atoms with Gasteiger partial charge in [0.1, 0.15) is 11.9 Å². The highest BCUT2D eigenvalue weighted by molar-refractivity contribution is 5.91. The Labute approximate surface area is 181 Å². The Morgan fingerprint density at radius 1 is 1.10 bits per heavy atom. The zero-order chi connectivity index (χ0) is 21.6. The minimum Gasteiger partial charge on any atom is -0.493 e. The summed E-state index contributed by atoms with van der Waals surface area (Å²) < 4.78 is 16.9. The number of carbonyl (C=O) groups excluding carboxylic acids is 1. The lowest BCUT2D eigenvalue weighted by Crippen LogP contribution is -2.52. The smallest absolute Gasteiger partial charge is 0.251 e. The first-order valence-corrected chi connectivity index (χ1v) is 10.9. The molecular weight excluding hydrogens is 398 g/mol. The van der Waals surface area contributed by atoms with Crippen molar-refractivity contribution >= 4 is 28.6 Å². The predicted molar refractivity (Wildman–Crippen MR) is 117 cm³/mol. The van der Waals surface area contributed by atoms with Gasteiger partial charge in [0.15, 0.2) is 11.5 Å². The second-order valence-corrected chi connectivity index (χ2v) is 8.63. The molecule has 2 N–H and O–H groups in total. The number of rotatable bonds is 4. The second-order valence-electron chi connectivity index (χ2n) is 8.63. The Morgan fingerprint density at radius 3 is 2.42 bits per heavy atom. The minimum atomic E-state index is -0.276. The maximum absolute atomic E-state index is 12.9. The predicted octanol–water partition coefficient (Wildman–Crippen LogP) is 1.98. The van der Waals surface area contributed by atoms with E-state index >= 15 is 0 Å². The monoisotopic (exact) mass is 427 g/mol. The Balaban J connectivity index is 1.28. The molecule has 2 aliphatic heterocycles. The van der Waals surface area contributed by atoms with Gasteiger partial charge in [0, 0.05) is 37.6 Å². The van der Waals surface area contributed by atoms with E-state index in [-0.39, 0.29) is 17.6 Å². The first-order valence-electron chi connectivity index (χ1n) is 10.9. The molecule has 0 radical (unpaired) electrons. The van der Waals surface area contributed by atoms with E-state index in [0.29, 0.717) is 55.0 Å². The largest absolute Gasteiger partial charge is 0.493 e. The van der Waals surface area contributed by atoms with Crippen molar-refractivity contribution in [1.29, 1.82) is 0 Å². The summed E-state index contributed by atoms with van der Waals surface area (Å²) in [4.78, 5) is 26.1. The fraction of sp³-hybridized carbons (Fsp3) is 0.591. The van der Waals surface area contributed by atoms with E-state index in [1.54, 1.807) is 20.3 Å². The average molecular weight is 428 g/mol. The maximum atomic E-state index is 12.9. The topological polar surface area (TPSA) is 103 Å². The van der Waals surface area contributed by atoms with Crippen molar-refractivity contribution in [3.05, 3.63) is 12.1 Å². The van der Waals surface area contributed by atoms with Gasteiger partial charge in [-0.1, -0.05) is 0 Å². The lowest BCUT2D eigenvalue weighted by Gasteiger charge is -2.39. The van der Waals surface area contributed by atoms with Crippen LogP contribution in [-0.4, -0.2) is 72.9 Å². The molecule has 3 aliphatic rings. The third-order valence-corrected chi connectivity index (χ3v) is 6.89. The summed E-state index contributed by atoms with van der Waals surface area (Å²) in [5.74, 6) is 2.26. The molecule has 1 spiro atoms. The molecule has 2 aromatic rings. The van der Waals surface area contributed by atoms with Crippen molar-refractivity contribution < 1.29 is 19.0 Å². The van der Waals surface area contributed by atoms with Gasteiger partial charge in [-0.25, -0.2) is 4.98 Å². The first kappa shape index (κ1) is 20.1. The average Bonchev–Trinajstić information content (AvgIpc) is 3.24. The SMILES string of the molecule is COc1cc2nc(N3CCN(C(=O)C4CCC5(CCC5)O4)CC3)nc(N)c2cc1OC. The van der Waals surface area contributed by atoms with E-state index in [9.17, 15) is 4.79 Å². The van der Waals surface area contributed by atoms with Gasteiger partial charge >= 0.3 is 0 Å². The van der Waals surface area contributed by atoms with Crippen LogP contribution in [0.2, 0.25) is 0 Å². The Morgan fingerprint density at radius 2 is 1.81 bits per heavy atom. The number of hydrogen-bond donors (Lipinski definition) is 1. The number of fused-ring (bicyclic) bond motifs is 1. The molecule has 1 unspecified atom stereocenters. The van der Waals surface area contributed by atoms with Crippen LogP contribution in [0.15, 0.2) is 12.1 Å². The van der Waals surface area contributed by atoms with E-state index in [0.717, 1.165) is 31.1 Å². The van der Waals surface area contributed by atoms with Gasteiger partial charge in [0.25, 0.3) is 5.91 Å². The highest BCUT2D eigenvalue weighted by Crippen LogP contribution is 2.46. The molecular formula is C22H29N5O4. The Hall–Kier alpha value is -2.81. The molecule has 1 atom stereocenters. The number of nitrogens with two attached hydrogens (primary N) is 1. The molecule has 5 rings (SSSR count). The lowest BCUT2D eigenvalue weighted by atomic mass is 9.78. The summed E-state index contributed by atoms with van der Waals surface area (Å²) in [6, 6.07) is 3.60. The van der Waals surface area contributed by atoms with Crippen LogP contribution < -0.4 is 20.1 Å². The van der Waals surface area contributed by atoms with E-state index in [2.05, 4.69) is 9.88 Å². The van der Waals surface area contributed by atoms with Crippen LogP contribution in [0.3, 0.4) is 0 Å². The first-order chi connectivity index (χ1) is 15.0. The quantitative estimate of drug-likeness (QED) is 0.790. The molecule has 31 heavy (non-hydrogen) atoms. The van der Waals surface area contributed by atoms with Crippen molar-refractivity contribution in [1.82, 2.24) is 14.9 Å². The zero-order valence-corrected chi connectivity index (χ0v) is 18.1. The van der Waals surface area contributed by atoms with Gasteiger partial charge in [-0.3, -0.25) is 4.79 Å². The summed E-state index contributed by atoms with van der Waals surface area (Å²) in [6.45, 7) is 2.56. The lowest BCUT2D eigenvalue weighted by molar-refractivity contribution is -0.154. The van der Waals surface area contributed by atoms with Crippen molar-refractivity contribution in [2.45, 2.75) is 43.8 Å². The zero-order valence-electron chi connectivity index (χ0n) is 18.1. The fourth-order valence-electron chi connectivity index (χ4n) is 4.87. The number of carbonyl (C=O) groups is 1. The number of amides is 1. The maximum Gasteiger partial charge on any atom is 0.251 e. The van der Waals surface area contributed by atoms with Crippen LogP contribution in [0.5, 0.6) is 11.5 Å². The highest BCUT2D eigenvalue weighted by atomic mass is 16.5. The number of benzene rings is 1. The molecule has 1 aromatic heterocycles.